The summed E-state index contributed by atoms with van der Waals surface area (Å²) in [6.07, 6.45) is 1.42. The number of piperidine rings is 1. The zero-order valence-corrected chi connectivity index (χ0v) is 18.1. The van der Waals surface area contributed by atoms with E-state index in [0.29, 0.717) is 42.1 Å². The monoisotopic (exact) mass is 446 g/mol. The van der Waals surface area contributed by atoms with E-state index in [1.165, 1.54) is 11.3 Å². The number of carbonyl (C=O) groups excluding carboxylic acids is 2. The Kier molecular flexibility index (Phi) is 5.36. The van der Waals surface area contributed by atoms with Gasteiger partial charge in [0.1, 0.15) is 0 Å². The summed E-state index contributed by atoms with van der Waals surface area (Å²) in [5.41, 5.74) is 2.75. The van der Waals surface area contributed by atoms with Gasteiger partial charge in [0.2, 0.25) is 0 Å². The minimum atomic E-state index is -0.186. The molecule has 0 unspecified atom stereocenters. The van der Waals surface area contributed by atoms with Crippen molar-refractivity contribution >= 4 is 39.9 Å². The van der Waals surface area contributed by atoms with Crippen LogP contribution in [0.25, 0.3) is 11.0 Å². The van der Waals surface area contributed by atoms with E-state index < -0.39 is 0 Å². The third-order valence-electron chi connectivity index (χ3n) is 5.85. The summed E-state index contributed by atoms with van der Waals surface area (Å²) in [5, 5.41) is 4.70. The van der Waals surface area contributed by atoms with Crippen LogP contribution in [-0.4, -0.2) is 39.4 Å². The molecule has 1 saturated heterocycles. The molecular formula is C24H22N4O3S. The summed E-state index contributed by atoms with van der Waals surface area (Å²) >= 11 is 1.37. The molecule has 5 rings (SSSR count). The van der Waals surface area contributed by atoms with E-state index in [1.54, 1.807) is 30.3 Å². The summed E-state index contributed by atoms with van der Waals surface area (Å²) in [6, 6.07) is 18.3. The predicted molar refractivity (Wildman–Crippen MR) is 125 cm³/mol. The Balaban J connectivity index is 1.27. The highest BCUT2D eigenvalue weighted by Crippen LogP contribution is 2.26. The van der Waals surface area contributed by atoms with Crippen LogP contribution in [0.15, 0.2) is 70.8 Å². The van der Waals surface area contributed by atoms with Crippen molar-refractivity contribution < 1.29 is 9.59 Å². The highest BCUT2D eigenvalue weighted by molar-refractivity contribution is 7.12. The topological polar surface area (TPSA) is 87.2 Å². The molecule has 2 amide bonds. The normalized spacial score (nSPS) is 14.6. The lowest BCUT2D eigenvalue weighted by Crippen LogP contribution is -2.40. The fourth-order valence-corrected chi connectivity index (χ4v) is 4.90. The van der Waals surface area contributed by atoms with Crippen molar-refractivity contribution in [3.05, 3.63) is 87.0 Å². The number of aromatic nitrogens is 2. The standard InChI is InChI=1S/C24H22N4O3S/c29-22(21-9-4-14-32-21)25-17-6-3-5-16(15-17)23(30)27-12-10-18(11-13-27)28-20-8-2-1-7-19(20)26-24(28)31/h1-9,14-15,18H,10-13H2,(H,25,29)(H,26,31). The number of amides is 2. The Labute approximate surface area is 188 Å². The maximum atomic E-state index is 13.1. The number of anilines is 1. The second-order valence-corrected chi connectivity index (χ2v) is 8.80. The maximum absolute atomic E-state index is 13.1. The lowest BCUT2D eigenvalue weighted by molar-refractivity contribution is 0.0694. The molecular weight excluding hydrogens is 424 g/mol. The number of fused-ring (bicyclic) bond motifs is 1. The van der Waals surface area contributed by atoms with Crippen molar-refractivity contribution in [1.82, 2.24) is 14.5 Å². The minimum absolute atomic E-state index is 0.0547. The van der Waals surface area contributed by atoms with Crippen LogP contribution >= 0.6 is 11.3 Å². The summed E-state index contributed by atoms with van der Waals surface area (Å²) < 4.78 is 1.82. The number of aromatic amines is 1. The van der Waals surface area contributed by atoms with Gasteiger partial charge in [-0.3, -0.25) is 14.2 Å². The first kappa shape index (κ1) is 20.3. The largest absolute Gasteiger partial charge is 0.338 e. The Morgan fingerprint density at radius 1 is 1.00 bits per heavy atom. The zero-order valence-electron chi connectivity index (χ0n) is 17.3. The molecule has 162 valence electrons. The first-order valence-electron chi connectivity index (χ1n) is 10.5. The molecule has 2 N–H and O–H groups in total. The lowest BCUT2D eigenvalue weighted by atomic mass is 10.0. The van der Waals surface area contributed by atoms with Gasteiger partial charge in [0.25, 0.3) is 11.8 Å². The SMILES string of the molecule is O=C(Nc1cccc(C(=O)N2CCC(n3c(=O)[nH]c4ccccc43)CC2)c1)c1cccs1. The summed E-state index contributed by atoms with van der Waals surface area (Å²) in [5.74, 6) is -0.253. The number of carbonyl (C=O) groups is 2. The Hall–Kier alpha value is -3.65. The fourth-order valence-electron chi connectivity index (χ4n) is 4.28. The Morgan fingerprint density at radius 2 is 1.81 bits per heavy atom. The molecule has 4 aromatic rings. The predicted octanol–water partition coefficient (Wildman–Crippen LogP) is 4.12. The van der Waals surface area contributed by atoms with Gasteiger partial charge in [-0.05, 0) is 54.6 Å². The van der Waals surface area contributed by atoms with Gasteiger partial charge in [-0.2, -0.15) is 0 Å². The molecule has 8 heteroatoms. The van der Waals surface area contributed by atoms with Crippen LogP contribution in [0.5, 0.6) is 0 Å². The smallest absolute Gasteiger partial charge is 0.326 e. The molecule has 1 aliphatic heterocycles. The Morgan fingerprint density at radius 3 is 2.59 bits per heavy atom. The van der Waals surface area contributed by atoms with E-state index in [4.69, 9.17) is 0 Å². The van der Waals surface area contributed by atoms with Gasteiger partial charge in [-0.15, -0.1) is 11.3 Å². The first-order valence-corrected chi connectivity index (χ1v) is 11.4. The quantitative estimate of drug-likeness (QED) is 0.494. The van der Waals surface area contributed by atoms with Crippen molar-refractivity contribution in [2.24, 2.45) is 0 Å². The van der Waals surface area contributed by atoms with Crippen molar-refractivity contribution in [2.75, 3.05) is 18.4 Å². The molecule has 2 aromatic carbocycles. The number of imidazole rings is 1. The molecule has 0 aliphatic carbocycles. The average Bonchev–Trinajstić information content (AvgIpc) is 3.46. The van der Waals surface area contributed by atoms with Crippen molar-refractivity contribution in [3.8, 4) is 0 Å². The molecule has 0 saturated carbocycles. The maximum Gasteiger partial charge on any atom is 0.326 e. The molecule has 32 heavy (non-hydrogen) atoms. The third kappa shape index (κ3) is 3.85. The van der Waals surface area contributed by atoms with Gasteiger partial charge in [-0.25, -0.2) is 4.79 Å². The second-order valence-electron chi connectivity index (χ2n) is 7.85. The van der Waals surface area contributed by atoms with Crippen molar-refractivity contribution in [2.45, 2.75) is 18.9 Å². The molecule has 0 spiro atoms. The molecule has 2 aromatic heterocycles. The number of likely N-dealkylation sites (tertiary alicyclic amines) is 1. The molecule has 7 nitrogen and oxygen atoms in total. The zero-order chi connectivity index (χ0) is 22.1. The van der Waals surface area contributed by atoms with Crippen molar-refractivity contribution in [3.63, 3.8) is 0 Å². The highest BCUT2D eigenvalue weighted by Gasteiger charge is 2.26. The number of benzene rings is 2. The molecule has 0 bridgehead atoms. The second kappa shape index (κ2) is 8.47. The number of hydrogen-bond acceptors (Lipinski definition) is 4. The van der Waals surface area contributed by atoms with Gasteiger partial charge in [0.05, 0.1) is 15.9 Å². The van der Waals surface area contributed by atoms with Gasteiger partial charge in [-0.1, -0.05) is 24.3 Å². The van der Waals surface area contributed by atoms with E-state index in [1.807, 2.05) is 45.2 Å². The molecule has 1 aliphatic rings. The van der Waals surface area contributed by atoms with Crippen LogP contribution in [0.1, 0.15) is 38.9 Å². The molecule has 3 heterocycles. The average molecular weight is 447 g/mol. The number of nitrogens with zero attached hydrogens (tertiary/aromatic N) is 2. The van der Waals surface area contributed by atoms with Crippen LogP contribution < -0.4 is 11.0 Å². The highest BCUT2D eigenvalue weighted by atomic mass is 32.1. The number of nitrogens with one attached hydrogen (secondary N) is 2. The summed E-state index contributed by atoms with van der Waals surface area (Å²) in [6.45, 7) is 1.14. The van der Waals surface area contributed by atoms with Crippen LogP contribution in [0.3, 0.4) is 0 Å². The number of para-hydroxylation sites is 2. The molecule has 1 fully saturated rings. The minimum Gasteiger partial charge on any atom is -0.338 e. The van der Waals surface area contributed by atoms with E-state index >= 15 is 0 Å². The number of rotatable bonds is 4. The van der Waals surface area contributed by atoms with Crippen LogP contribution in [0.2, 0.25) is 0 Å². The van der Waals surface area contributed by atoms with Gasteiger partial charge < -0.3 is 15.2 Å². The Bertz CT molecular complexity index is 1330. The van der Waals surface area contributed by atoms with Gasteiger partial charge in [0, 0.05) is 30.4 Å². The van der Waals surface area contributed by atoms with Crippen LogP contribution in [0.4, 0.5) is 5.69 Å². The molecule has 0 atom stereocenters. The number of thiophene rings is 1. The third-order valence-corrected chi connectivity index (χ3v) is 6.72. The van der Waals surface area contributed by atoms with E-state index in [2.05, 4.69) is 10.3 Å². The first-order chi connectivity index (χ1) is 15.6. The van der Waals surface area contributed by atoms with Crippen LogP contribution in [-0.2, 0) is 0 Å². The van der Waals surface area contributed by atoms with Crippen molar-refractivity contribution in [1.29, 1.82) is 0 Å². The fraction of sp³-hybridized carbons (Fsp3) is 0.208. The lowest BCUT2D eigenvalue weighted by Gasteiger charge is -2.32. The van der Waals surface area contributed by atoms with E-state index in [-0.39, 0.29) is 23.5 Å². The summed E-state index contributed by atoms with van der Waals surface area (Å²) in [7, 11) is 0. The number of H-pyrrole nitrogens is 1. The van der Waals surface area contributed by atoms with E-state index in [9.17, 15) is 14.4 Å². The van der Waals surface area contributed by atoms with E-state index in [0.717, 1.165) is 11.0 Å². The summed E-state index contributed by atoms with van der Waals surface area (Å²) in [4.78, 5) is 43.2. The molecule has 0 radical (unpaired) electrons. The van der Waals surface area contributed by atoms with Gasteiger partial charge in [0.15, 0.2) is 0 Å². The van der Waals surface area contributed by atoms with Gasteiger partial charge >= 0.3 is 5.69 Å². The van der Waals surface area contributed by atoms with Crippen LogP contribution in [0, 0.1) is 0 Å². The number of hydrogen-bond donors (Lipinski definition) is 2.